The Bertz CT molecular complexity index is 1280. The molecular formula is C23H20ClNO5S2. The monoisotopic (exact) mass is 489 g/mol. The molecule has 0 radical (unpaired) electrons. The van der Waals surface area contributed by atoms with Crippen molar-refractivity contribution in [3.05, 3.63) is 77.3 Å². The number of nitrogens with zero attached hydrogens (tertiary/aromatic N) is 1. The highest BCUT2D eigenvalue weighted by molar-refractivity contribution is 7.91. The molecule has 2 fully saturated rings. The zero-order valence-electron chi connectivity index (χ0n) is 17.2. The van der Waals surface area contributed by atoms with Crippen LogP contribution in [-0.2, 0) is 29.7 Å². The van der Waals surface area contributed by atoms with E-state index in [1.54, 1.807) is 24.3 Å². The van der Waals surface area contributed by atoms with E-state index in [4.69, 9.17) is 21.1 Å². The Morgan fingerprint density at radius 3 is 2.50 bits per heavy atom. The molecule has 2 atom stereocenters. The molecule has 0 N–H and O–H groups in total. The van der Waals surface area contributed by atoms with E-state index in [1.807, 2.05) is 42.5 Å². The quantitative estimate of drug-likeness (QED) is 0.499. The van der Waals surface area contributed by atoms with E-state index in [0.717, 1.165) is 27.3 Å². The van der Waals surface area contributed by atoms with Gasteiger partial charge in [0.2, 0.25) is 0 Å². The number of thiophene rings is 1. The van der Waals surface area contributed by atoms with E-state index in [9.17, 15) is 13.2 Å². The maximum atomic E-state index is 13.7. The molecule has 0 unspecified atom stereocenters. The third-order valence-corrected chi connectivity index (χ3v) is 10.0. The number of benzene rings is 2. The zero-order chi connectivity index (χ0) is 22.6. The van der Waals surface area contributed by atoms with Gasteiger partial charge >= 0.3 is 5.97 Å². The Kier molecular flexibility index (Phi) is 5.18. The molecule has 166 valence electrons. The summed E-state index contributed by atoms with van der Waals surface area (Å²) < 4.78 is 39.7. The second kappa shape index (κ2) is 7.67. The number of esters is 1. The van der Waals surface area contributed by atoms with Crippen LogP contribution < -0.4 is 0 Å². The van der Waals surface area contributed by atoms with Crippen molar-refractivity contribution in [3.63, 3.8) is 0 Å². The Morgan fingerprint density at radius 2 is 1.81 bits per heavy atom. The molecule has 1 aliphatic heterocycles. The molecule has 0 bridgehead atoms. The molecule has 5 rings (SSSR count). The third kappa shape index (κ3) is 3.05. The van der Waals surface area contributed by atoms with E-state index < -0.39 is 26.9 Å². The molecule has 1 saturated heterocycles. The Hall–Kier alpha value is -2.23. The van der Waals surface area contributed by atoms with Crippen molar-refractivity contribution in [2.45, 2.75) is 21.6 Å². The number of sulfonamides is 1. The molecule has 2 aliphatic rings. The third-order valence-electron chi connectivity index (χ3n) is 6.31. The van der Waals surface area contributed by atoms with E-state index in [1.165, 1.54) is 11.4 Å². The lowest BCUT2D eigenvalue weighted by Crippen LogP contribution is -2.57. The summed E-state index contributed by atoms with van der Waals surface area (Å²) in [4.78, 5) is 13.9. The van der Waals surface area contributed by atoms with Crippen LogP contribution in [0.2, 0.25) is 5.02 Å². The van der Waals surface area contributed by atoms with Crippen LogP contribution in [0.1, 0.15) is 12.0 Å². The first-order valence-corrected chi connectivity index (χ1v) is 12.6. The summed E-state index contributed by atoms with van der Waals surface area (Å²) in [7, 11) is -2.74. The van der Waals surface area contributed by atoms with Crippen molar-refractivity contribution in [1.29, 1.82) is 0 Å². The number of fused-ring (bicyclic) bond motifs is 1. The normalized spacial score (nSPS) is 25.2. The standard InChI is InChI=1S/C23H20ClNO5S2/c1-29-21(26)23-13-22(23,17-5-3-2-4-6-17)14-30-15-25(23)32(27,28)20-12-11-19(31-20)16-7-9-18(24)10-8-16/h2-12H,13-15H2,1H3/t22-,23-/m0/s1. The van der Waals surface area contributed by atoms with Gasteiger partial charge in [0, 0.05) is 9.90 Å². The van der Waals surface area contributed by atoms with Gasteiger partial charge in [-0.3, -0.25) is 0 Å². The molecule has 2 heterocycles. The van der Waals surface area contributed by atoms with Crippen LogP contribution in [0.5, 0.6) is 0 Å². The molecule has 32 heavy (non-hydrogen) atoms. The van der Waals surface area contributed by atoms with Crippen molar-refractivity contribution >= 4 is 38.9 Å². The number of ether oxygens (including phenoxy) is 2. The van der Waals surface area contributed by atoms with Gasteiger partial charge in [0.05, 0.1) is 19.1 Å². The fraction of sp³-hybridized carbons (Fsp3) is 0.261. The SMILES string of the molecule is COC(=O)[C@@]12C[C@@]1(c1ccccc1)COCN2S(=O)(=O)c1ccc(-c2ccc(Cl)cc2)s1. The number of rotatable bonds is 5. The summed E-state index contributed by atoms with van der Waals surface area (Å²) in [5.74, 6) is -0.567. The maximum absolute atomic E-state index is 13.7. The van der Waals surface area contributed by atoms with Crippen molar-refractivity contribution in [2.75, 3.05) is 20.4 Å². The first-order valence-electron chi connectivity index (χ1n) is 9.95. The van der Waals surface area contributed by atoms with Gasteiger partial charge in [-0.05, 0) is 41.8 Å². The van der Waals surface area contributed by atoms with Gasteiger partial charge in [-0.2, -0.15) is 4.31 Å². The minimum atomic E-state index is -4.02. The predicted molar refractivity (Wildman–Crippen MR) is 122 cm³/mol. The fourth-order valence-corrected chi connectivity index (χ4v) is 7.86. The second-order valence-electron chi connectivity index (χ2n) is 7.93. The zero-order valence-corrected chi connectivity index (χ0v) is 19.5. The molecule has 1 saturated carbocycles. The molecule has 1 aliphatic carbocycles. The summed E-state index contributed by atoms with van der Waals surface area (Å²) in [6.45, 7) is 0.0405. The molecule has 1 aromatic heterocycles. The van der Waals surface area contributed by atoms with Gasteiger partial charge < -0.3 is 9.47 Å². The lowest BCUT2D eigenvalue weighted by molar-refractivity contribution is -0.153. The van der Waals surface area contributed by atoms with Crippen molar-refractivity contribution < 1.29 is 22.7 Å². The molecule has 9 heteroatoms. The first kappa shape index (κ1) is 21.6. The van der Waals surface area contributed by atoms with Crippen LogP contribution in [-0.4, -0.2) is 44.7 Å². The first-order chi connectivity index (χ1) is 15.3. The number of methoxy groups -OCH3 is 1. The van der Waals surface area contributed by atoms with Gasteiger partial charge in [-0.25, -0.2) is 13.2 Å². The molecule has 6 nitrogen and oxygen atoms in total. The summed E-state index contributed by atoms with van der Waals surface area (Å²) in [5, 5.41) is 0.606. The molecule has 0 amide bonds. The Morgan fingerprint density at radius 1 is 1.09 bits per heavy atom. The molecule has 2 aromatic carbocycles. The van der Waals surface area contributed by atoms with E-state index in [-0.39, 0.29) is 17.5 Å². The van der Waals surface area contributed by atoms with E-state index in [0.29, 0.717) is 11.4 Å². The van der Waals surface area contributed by atoms with Crippen LogP contribution in [0.15, 0.2) is 70.9 Å². The number of carbonyl (C=O) groups is 1. The van der Waals surface area contributed by atoms with Crippen LogP contribution >= 0.6 is 22.9 Å². The Balaban J connectivity index is 1.56. The minimum Gasteiger partial charge on any atom is -0.468 e. The van der Waals surface area contributed by atoms with Crippen LogP contribution in [0.4, 0.5) is 0 Å². The number of carbonyl (C=O) groups excluding carboxylic acids is 1. The summed E-state index contributed by atoms with van der Waals surface area (Å²) in [5.41, 5.74) is -0.380. The maximum Gasteiger partial charge on any atom is 0.328 e. The van der Waals surface area contributed by atoms with E-state index >= 15 is 0 Å². The average molecular weight is 490 g/mol. The Labute approximate surface area is 195 Å². The molecule has 3 aromatic rings. The van der Waals surface area contributed by atoms with Crippen molar-refractivity contribution in [2.24, 2.45) is 0 Å². The van der Waals surface area contributed by atoms with Crippen LogP contribution in [0, 0.1) is 0 Å². The molecule has 0 spiro atoms. The topological polar surface area (TPSA) is 72.9 Å². The van der Waals surface area contributed by atoms with Crippen LogP contribution in [0.25, 0.3) is 10.4 Å². The summed E-state index contributed by atoms with van der Waals surface area (Å²) in [6, 6.07) is 19.9. The summed E-state index contributed by atoms with van der Waals surface area (Å²) >= 11 is 7.11. The van der Waals surface area contributed by atoms with Gasteiger partial charge in [-0.1, -0.05) is 54.1 Å². The summed E-state index contributed by atoms with van der Waals surface area (Å²) in [6.07, 6.45) is 0.311. The number of hydrogen-bond donors (Lipinski definition) is 0. The highest BCUT2D eigenvalue weighted by Gasteiger charge is 2.80. The van der Waals surface area contributed by atoms with Crippen molar-refractivity contribution in [3.8, 4) is 10.4 Å². The highest BCUT2D eigenvalue weighted by atomic mass is 35.5. The predicted octanol–water partition coefficient (Wildman–Crippen LogP) is 4.30. The largest absolute Gasteiger partial charge is 0.468 e. The minimum absolute atomic E-state index is 0.144. The number of hydrogen-bond acceptors (Lipinski definition) is 6. The lowest BCUT2D eigenvalue weighted by Gasteiger charge is -2.37. The second-order valence-corrected chi connectivity index (χ2v) is 11.5. The average Bonchev–Trinajstić information content (AvgIpc) is 3.29. The highest BCUT2D eigenvalue weighted by Crippen LogP contribution is 2.64. The number of halogens is 1. The smallest absolute Gasteiger partial charge is 0.328 e. The van der Waals surface area contributed by atoms with Gasteiger partial charge in [-0.15, -0.1) is 11.3 Å². The fourth-order valence-electron chi connectivity index (χ4n) is 4.63. The van der Waals surface area contributed by atoms with Gasteiger partial charge in [0.15, 0.2) is 0 Å². The van der Waals surface area contributed by atoms with Crippen molar-refractivity contribution in [1.82, 2.24) is 4.31 Å². The lowest BCUT2D eigenvalue weighted by atomic mass is 9.90. The molecular weight excluding hydrogens is 470 g/mol. The van der Waals surface area contributed by atoms with Gasteiger partial charge in [0.1, 0.15) is 16.5 Å². The van der Waals surface area contributed by atoms with Gasteiger partial charge in [0.25, 0.3) is 10.0 Å². The van der Waals surface area contributed by atoms with Crippen LogP contribution in [0.3, 0.4) is 0 Å². The van der Waals surface area contributed by atoms with E-state index in [2.05, 4.69) is 0 Å².